The van der Waals surface area contributed by atoms with Crippen molar-refractivity contribution in [1.29, 1.82) is 0 Å². The molecular weight excluding hydrogens is 320 g/mol. The van der Waals surface area contributed by atoms with Gasteiger partial charge in [0, 0.05) is 16.7 Å². The van der Waals surface area contributed by atoms with Crippen molar-refractivity contribution in [3.63, 3.8) is 0 Å². The third-order valence-electron chi connectivity index (χ3n) is 4.72. The van der Waals surface area contributed by atoms with Crippen LogP contribution in [0.4, 0.5) is 0 Å². The summed E-state index contributed by atoms with van der Waals surface area (Å²) in [5.74, 6) is 7.56. The van der Waals surface area contributed by atoms with Gasteiger partial charge in [0.15, 0.2) is 5.60 Å². The molecule has 3 aromatic carbocycles. The fraction of sp³-hybridized carbons (Fsp3) is 0.167. The molecule has 128 valence electrons. The van der Waals surface area contributed by atoms with Gasteiger partial charge in [-0.15, -0.1) is 0 Å². The molecule has 1 aliphatic heterocycles. The molecule has 3 aromatic rings. The van der Waals surface area contributed by atoms with Gasteiger partial charge in [0.05, 0.1) is 13.7 Å². The minimum Gasteiger partial charge on any atom is -0.497 e. The molecule has 0 amide bonds. The number of methoxy groups -OCH3 is 1. The molecule has 0 saturated heterocycles. The Labute approximate surface area is 154 Å². The van der Waals surface area contributed by atoms with Crippen LogP contribution in [0.1, 0.15) is 22.3 Å². The first-order valence-electron chi connectivity index (χ1n) is 8.77. The van der Waals surface area contributed by atoms with E-state index in [0.717, 1.165) is 28.9 Å². The predicted octanol–water partition coefficient (Wildman–Crippen LogP) is 4.56. The van der Waals surface area contributed by atoms with Crippen molar-refractivity contribution in [2.24, 2.45) is 0 Å². The minimum absolute atomic E-state index is 0.637. The lowest BCUT2D eigenvalue weighted by Gasteiger charge is -2.35. The average molecular weight is 340 g/mol. The molecular formula is C24H20O2. The van der Waals surface area contributed by atoms with E-state index < -0.39 is 5.60 Å². The van der Waals surface area contributed by atoms with Gasteiger partial charge in [0.1, 0.15) is 5.75 Å². The van der Waals surface area contributed by atoms with Gasteiger partial charge in [-0.1, -0.05) is 66.4 Å². The van der Waals surface area contributed by atoms with Crippen LogP contribution in [0.5, 0.6) is 5.75 Å². The zero-order valence-electron chi connectivity index (χ0n) is 14.7. The Morgan fingerprint density at radius 1 is 0.923 bits per heavy atom. The lowest BCUT2D eigenvalue weighted by molar-refractivity contribution is 0.0160. The highest BCUT2D eigenvalue weighted by atomic mass is 16.5. The second-order valence-corrected chi connectivity index (χ2v) is 6.28. The van der Waals surface area contributed by atoms with E-state index in [9.17, 15) is 0 Å². The number of rotatable bonds is 2. The van der Waals surface area contributed by atoms with E-state index >= 15 is 0 Å². The monoisotopic (exact) mass is 340 g/mol. The molecule has 1 atom stereocenters. The molecule has 0 fully saturated rings. The molecule has 0 saturated carbocycles. The van der Waals surface area contributed by atoms with E-state index in [-0.39, 0.29) is 0 Å². The van der Waals surface area contributed by atoms with Gasteiger partial charge in [0.2, 0.25) is 0 Å². The first-order valence-corrected chi connectivity index (χ1v) is 8.77. The third kappa shape index (κ3) is 2.98. The van der Waals surface area contributed by atoms with E-state index in [4.69, 9.17) is 9.47 Å². The molecule has 1 aliphatic rings. The number of benzene rings is 3. The van der Waals surface area contributed by atoms with Crippen LogP contribution < -0.4 is 4.74 Å². The molecule has 0 bridgehead atoms. The minimum atomic E-state index is -0.792. The first-order chi connectivity index (χ1) is 12.8. The predicted molar refractivity (Wildman–Crippen MR) is 103 cm³/mol. The van der Waals surface area contributed by atoms with Crippen molar-refractivity contribution >= 4 is 0 Å². The highest BCUT2D eigenvalue weighted by Gasteiger charge is 2.38. The van der Waals surface area contributed by atoms with E-state index in [0.29, 0.717) is 6.61 Å². The summed E-state index contributed by atoms with van der Waals surface area (Å²) in [5, 5.41) is 0. The molecule has 26 heavy (non-hydrogen) atoms. The van der Waals surface area contributed by atoms with Gasteiger partial charge >= 0.3 is 0 Å². The van der Waals surface area contributed by atoms with Gasteiger partial charge in [-0.3, -0.25) is 0 Å². The number of hydrogen-bond acceptors (Lipinski definition) is 2. The summed E-state index contributed by atoms with van der Waals surface area (Å²) in [4.78, 5) is 0. The smallest absolute Gasteiger partial charge is 0.180 e. The van der Waals surface area contributed by atoms with Crippen molar-refractivity contribution in [2.45, 2.75) is 12.0 Å². The molecule has 0 aliphatic carbocycles. The van der Waals surface area contributed by atoms with Gasteiger partial charge in [-0.05, 0) is 36.2 Å². The SMILES string of the molecule is COc1cccc([C@]2(C#Cc3ccccc3)OCCc3ccccc32)c1. The van der Waals surface area contributed by atoms with Crippen LogP contribution in [0, 0.1) is 11.8 Å². The molecule has 1 heterocycles. The molecule has 0 aromatic heterocycles. The normalized spacial score (nSPS) is 18.3. The Morgan fingerprint density at radius 2 is 1.73 bits per heavy atom. The highest BCUT2D eigenvalue weighted by molar-refractivity contribution is 5.53. The summed E-state index contributed by atoms with van der Waals surface area (Å²) in [7, 11) is 1.68. The number of fused-ring (bicyclic) bond motifs is 1. The standard InChI is InChI=1S/C24H20O2/c1-25-22-12-7-11-21(18-22)24(16-14-19-8-3-2-4-9-19)23-13-6-5-10-20(23)15-17-26-24/h2-13,18H,15,17H2,1H3/t24-/m0/s1. The maximum atomic E-state index is 6.37. The van der Waals surface area contributed by atoms with Crippen LogP contribution in [0.2, 0.25) is 0 Å². The van der Waals surface area contributed by atoms with Crippen LogP contribution in [-0.4, -0.2) is 13.7 Å². The second kappa shape index (κ2) is 7.07. The summed E-state index contributed by atoms with van der Waals surface area (Å²) < 4.78 is 11.8. The van der Waals surface area contributed by atoms with Crippen LogP contribution in [0.15, 0.2) is 78.9 Å². The van der Waals surface area contributed by atoms with Crippen LogP contribution in [0.3, 0.4) is 0 Å². The Morgan fingerprint density at radius 3 is 2.58 bits per heavy atom. The average Bonchev–Trinajstić information content (AvgIpc) is 2.73. The lowest BCUT2D eigenvalue weighted by atomic mass is 9.81. The summed E-state index contributed by atoms with van der Waals surface area (Å²) in [6.07, 6.45) is 0.898. The van der Waals surface area contributed by atoms with Crippen molar-refractivity contribution < 1.29 is 9.47 Å². The van der Waals surface area contributed by atoms with Crippen LogP contribution >= 0.6 is 0 Å². The fourth-order valence-electron chi connectivity index (χ4n) is 3.41. The lowest BCUT2D eigenvalue weighted by Crippen LogP contribution is -2.35. The molecule has 4 rings (SSSR count). The second-order valence-electron chi connectivity index (χ2n) is 6.28. The molecule has 0 N–H and O–H groups in total. The maximum absolute atomic E-state index is 6.37. The van der Waals surface area contributed by atoms with Gasteiger partial charge in [0.25, 0.3) is 0 Å². The molecule has 0 spiro atoms. The number of ether oxygens (including phenoxy) is 2. The fourth-order valence-corrected chi connectivity index (χ4v) is 3.41. The van der Waals surface area contributed by atoms with E-state index in [1.165, 1.54) is 5.56 Å². The summed E-state index contributed by atoms with van der Waals surface area (Å²) in [5.41, 5.74) is 3.57. The van der Waals surface area contributed by atoms with E-state index in [2.05, 4.69) is 36.1 Å². The maximum Gasteiger partial charge on any atom is 0.180 e. The molecule has 0 radical (unpaired) electrons. The summed E-state index contributed by atoms with van der Waals surface area (Å²) >= 11 is 0. The summed E-state index contributed by atoms with van der Waals surface area (Å²) in [6.45, 7) is 0.637. The number of hydrogen-bond donors (Lipinski definition) is 0. The van der Waals surface area contributed by atoms with Crippen LogP contribution in [-0.2, 0) is 16.8 Å². The highest BCUT2D eigenvalue weighted by Crippen LogP contribution is 2.39. The Hall–Kier alpha value is -3.02. The van der Waals surface area contributed by atoms with Crippen molar-refractivity contribution in [1.82, 2.24) is 0 Å². The van der Waals surface area contributed by atoms with Gasteiger partial charge < -0.3 is 9.47 Å². The topological polar surface area (TPSA) is 18.5 Å². The van der Waals surface area contributed by atoms with Crippen molar-refractivity contribution in [2.75, 3.05) is 13.7 Å². The summed E-state index contributed by atoms with van der Waals surface area (Å²) in [6, 6.07) is 26.4. The largest absolute Gasteiger partial charge is 0.497 e. The molecule has 2 heteroatoms. The first kappa shape index (κ1) is 16.4. The quantitative estimate of drug-likeness (QED) is 0.637. The van der Waals surface area contributed by atoms with Crippen molar-refractivity contribution in [3.8, 4) is 17.6 Å². The van der Waals surface area contributed by atoms with Gasteiger partial charge in [-0.2, -0.15) is 0 Å². The van der Waals surface area contributed by atoms with Gasteiger partial charge in [-0.25, -0.2) is 0 Å². The van der Waals surface area contributed by atoms with Crippen LogP contribution in [0.25, 0.3) is 0 Å². The zero-order chi connectivity index (χ0) is 17.8. The van der Waals surface area contributed by atoms with E-state index in [1.54, 1.807) is 7.11 Å². The molecule has 2 nitrogen and oxygen atoms in total. The Balaban J connectivity index is 1.92. The Kier molecular flexibility index (Phi) is 4.48. The zero-order valence-corrected chi connectivity index (χ0v) is 14.7. The molecule has 0 unspecified atom stereocenters. The van der Waals surface area contributed by atoms with E-state index in [1.807, 2.05) is 54.6 Å². The third-order valence-corrected chi connectivity index (χ3v) is 4.72. The van der Waals surface area contributed by atoms with Crippen molar-refractivity contribution in [3.05, 3.63) is 101 Å². The Bertz CT molecular complexity index is 966.